The van der Waals surface area contributed by atoms with Crippen LogP contribution < -0.4 is 61.2 Å². The smallest absolute Gasteiger partial charge is 0.870 e. The summed E-state index contributed by atoms with van der Waals surface area (Å²) in [4.78, 5) is -0.528. The van der Waals surface area contributed by atoms with E-state index in [9.17, 15) is 18.1 Å². The molecule has 5 nitrogen and oxygen atoms in total. The van der Waals surface area contributed by atoms with E-state index in [1.165, 1.54) is 37.8 Å². The van der Waals surface area contributed by atoms with E-state index in [4.69, 9.17) is 4.74 Å². The number of ether oxygens (including phenoxy) is 1. The van der Waals surface area contributed by atoms with Gasteiger partial charge in [0.15, 0.2) is 0 Å². The fraction of sp³-hybridized carbons (Fsp3) is 0.368. The van der Waals surface area contributed by atoms with Crippen molar-refractivity contribution in [1.29, 1.82) is 0 Å². The van der Waals surface area contributed by atoms with Gasteiger partial charge in [-0.1, -0.05) is 62.6 Å². The Morgan fingerprint density at radius 3 is 2.27 bits per heavy atom. The maximum Gasteiger partial charge on any atom is 1.00 e. The SMILES string of the molecule is CCCCCCCc1ccc(Oc2c([O-])cccc2S(=O)(=O)O)cc1.[K+]. The molecule has 7 heteroatoms. The second-order valence-corrected chi connectivity index (χ2v) is 7.36. The summed E-state index contributed by atoms with van der Waals surface area (Å²) in [6.45, 7) is 2.19. The third kappa shape index (κ3) is 7.30. The summed E-state index contributed by atoms with van der Waals surface area (Å²) in [5, 5.41) is 11.9. The molecule has 0 aliphatic heterocycles. The van der Waals surface area contributed by atoms with Crippen molar-refractivity contribution in [2.45, 2.75) is 50.3 Å². The standard InChI is InChI=1S/C19H24O5S.K/c1-2-3-4-5-6-8-15-11-13-16(14-12-15)24-19-17(20)9-7-10-18(19)25(21,22)23;/h7,9-14,20H,2-6,8H2,1H3,(H,21,22,23);/q;+1/p-1. The Labute approximate surface area is 198 Å². The molecule has 136 valence electrons. The Kier molecular flexibility index (Phi) is 10.4. The van der Waals surface area contributed by atoms with Gasteiger partial charge in [-0.25, -0.2) is 0 Å². The van der Waals surface area contributed by atoms with Crippen LogP contribution in [0.1, 0.15) is 44.6 Å². The molecule has 1 N–H and O–H groups in total. The van der Waals surface area contributed by atoms with Crippen molar-refractivity contribution < 1.29 is 74.2 Å². The van der Waals surface area contributed by atoms with Crippen molar-refractivity contribution >= 4 is 10.1 Å². The van der Waals surface area contributed by atoms with Crippen LogP contribution in [0.15, 0.2) is 47.4 Å². The molecule has 0 unspecified atom stereocenters. The van der Waals surface area contributed by atoms with Crippen LogP contribution in [0, 0.1) is 0 Å². The maximum absolute atomic E-state index is 11.9. The first kappa shape index (κ1) is 23.6. The van der Waals surface area contributed by atoms with Gasteiger partial charge in [-0.05, 0) is 36.6 Å². The number of hydrogen-bond acceptors (Lipinski definition) is 4. The number of aryl methyl sites for hydroxylation is 1. The summed E-state index contributed by atoms with van der Waals surface area (Å²) in [6.07, 6.45) is 7.02. The Morgan fingerprint density at radius 2 is 1.65 bits per heavy atom. The van der Waals surface area contributed by atoms with Crippen molar-refractivity contribution in [1.82, 2.24) is 0 Å². The summed E-state index contributed by atoms with van der Waals surface area (Å²) in [6, 6.07) is 10.8. The minimum Gasteiger partial charge on any atom is -0.870 e. The van der Waals surface area contributed by atoms with E-state index in [1.807, 2.05) is 12.1 Å². The van der Waals surface area contributed by atoms with E-state index >= 15 is 0 Å². The topological polar surface area (TPSA) is 86.7 Å². The third-order valence-electron chi connectivity index (χ3n) is 3.93. The second-order valence-electron chi connectivity index (χ2n) is 5.97. The zero-order valence-electron chi connectivity index (χ0n) is 15.3. The van der Waals surface area contributed by atoms with E-state index in [0.717, 1.165) is 24.5 Å². The first-order chi connectivity index (χ1) is 11.9. The fourth-order valence-corrected chi connectivity index (χ4v) is 3.20. The van der Waals surface area contributed by atoms with Gasteiger partial charge in [0.2, 0.25) is 0 Å². The molecule has 2 aromatic carbocycles. The zero-order valence-corrected chi connectivity index (χ0v) is 19.2. The molecule has 0 heterocycles. The molecule has 0 bridgehead atoms. The normalized spacial score (nSPS) is 11.0. The maximum atomic E-state index is 11.9. The van der Waals surface area contributed by atoms with Gasteiger partial charge in [0.1, 0.15) is 16.4 Å². The van der Waals surface area contributed by atoms with Crippen LogP contribution in [0.3, 0.4) is 0 Å². The Morgan fingerprint density at radius 1 is 1.00 bits per heavy atom. The van der Waals surface area contributed by atoms with Gasteiger partial charge in [0.25, 0.3) is 10.1 Å². The summed E-state index contributed by atoms with van der Waals surface area (Å²) in [7, 11) is -4.53. The van der Waals surface area contributed by atoms with Crippen molar-refractivity contribution in [2.75, 3.05) is 0 Å². The van der Waals surface area contributed by atoms with Gasteiger partial charge in [-0.15, -0.1) is 0 Å². The largest absolute Gasteiger partial charge is 1.00 e. The van der Waals surface area contributed by atoms with Gasteiger partial charge in [-0.3, -0.25) is 4.55 Å². The molecule has 2 rings (SSSR count). The Bertz CT molecular complexity index is 788. The number of rotatable bonds is 9. The third-order valence-corrected chi connectivity index (χ3v) is 4.81. The van der Waals surface area contributed by atoms with Crippen LogP contribution in [0.2, 0.25) is 0 Å². The number of unbranched alkanes of at least 4 members (excludes halogenated alkanes) is 4. The molecule has 0 saturated carbocycles. The van der Waals surface area contributed by atoms with Gasteiger partial charge in [-0.2, -0.15) is 8.42 Å². The van der Waals surface area contributed by atoms with E-state index < -0.39 is 26.5 Å². The molecule has 2 aromatic rings. The monoisotopic (exact) mass is 402 g/mol. The minimum absolute atomic E-state index is 0. The Hall–Kier alpha value is -0.414. The summed E-state index contributed by atoms with van der Waals surface area (Å²) >= 11 is 0. The van der Waals surface area contributed by atoms with Gasteiger partial charge >= 0.3 is 51.4 Å². The van der Waals surface area contributed by atoms with E-state index in [1.54, 1.807) is 12.1 Å². The van der Waals surface area contributed by atoms with E-state index in [0.29, 0.717) is 5.75 Å². The molecular formula is C19H23KO5S. The van der Waals surface area contributed by atoms with Gasteiger partial charge < -0.3 is 9.84 Å². The molecule has 0 spiro atoms. The van der Waals surface area contributed by atoms with Crippen LogP contribution >= 0.6 is 0 Å². The van der Waals surface area contributed by atoms with Crippen molar-refractivity contribution in [2.24, 2.45) is 0 Å². The van der Waals surface area contributed by atoms with Crippen LogP contribution in [0.5, 0.6) is 17.2 Å². The van der Waals surface area contributed by atoms with Gasteiger partial charge in [0.05, 0.1) is 0 Å². The van der Waals surface area contributed by atoms with Gasteiger partial charge in [0, 0.05) is 0 Å². The summed E-state index contributed by atoms with van der Waals surface area (Å²) in [5.41, 5.74) is 1.16. The zero-order chi connectivity index (χ0) is 18.3. The molecule has 0 atom stereocenters. The quantitative estimate of drug-likeness (QED) is 0.388. The Balaban J connectivity index is 0.00000338. The van der Waals surface area contributed by atoms with Crippen LogP contribution in [-0.2, 0) is 16.5 Å². The predicted octanol–water partition coefficient (Wildman–Crippen LogP) is 1.32. The second kappa shape index (κ2) is 11.4. The molecule has 26 heavy (non-hydrogen) atoms. The molecular weight excluding hydrogens is 379 g/mol. The van der Waals surface area contributed by atoms with Crippen LogP contribution in [-0.4, -0.2) is 13.0 Å². The van der Waals surface area contributed by atoms with Crippen molar-refractivity contribution in [3.8, 4) is 17.2 Å². The van der Waals surface area contributed by atoms with E-state index in [-0.39, 0.29) is 51.4 Å². The average Bonchev–Trinajstić information content (AvgIpc) is 2.57. The average molecular weight is 403 g/mol. The van der Waals surface area contributed by atoms with Crippen LogP contribution in [0.4, 0.5) is 0 Å². The van der Waals surface area contributed by atoms with Crippen molar-refractivity contribution in [3.63, 3.8) is 0 Å². The van der Waals surface area contributed by atoms with E-state index in [2.05, 4.69) is 6.92 Å². The molecule has 0 fully saturated rings. The fourth-order valence-electron chi connectivity index (χ4n) is 2.57. The molecule has 0 aliphatic carbocycles. The minimum atomic E-state index is -4.53. The number of para-hydroxylation sites is 1. The molecule has 0 aromatic heterocycles. The van der Waals surface area contributed by atoms with Crippen molar-refractivity contribution in [3.05, 3.63) is 48.0 Å². The van der Waals surface area contributed by atoms with Crippen LogP contribution in [0.25, 0.3) is 0 Å². The number of benzene rings is 2. The predicted molar refractivity (Wildman–Crippen MR) is 94.7 cm³/mol. The molecule has 0 radical (unpaired) electrons. The summed E-state index contributed by atoms with van der Waals surface area (Å²) < 4.78 is 37.4. The molecule has 0 saturated heterocycles. The number of hydrogen-bond donors (Lipinski definition) is 1. The first-order valence-corrected chi connectivity index (χ1v) is 9.90. The summed E-state index contributed by atoms with van der Waals surface area (Å²) in [5.74, 6) is -0.643. The molecule has 0 aliphatic rings. The first-order valence-electron chi connectivity index (χ1n) is 8.46. The molecule has 0 amide bonds.